The molecular formula is C21H29N5O6S2. The highest BCUT2D eigenvalue weighted by Gasteiger charge is 2.22. The lowest BCUT2D eigenvalue weighted by Crippen LogP contribution is -2.45. The molecule has 0 saturated carbocycles. The van der Waals surface area contributed by atoms with E-state index in [1.165, 1.54) is 36.4 Å². The van der Waals surface area contributed by atoms with Crippen LogP contribution in [-0.4, -0.2) is 59.1 Å². The standard InChI is InChI=1S/C21H29N5O6S2/c1-5-26(6-2)14(3)25-34(30,31)17-10-8-16(9-11-17)32-18-12-7-15(20(27)24-21(22)23)13-19(18)33(4,28)29/h7-14,25H,5-6H2,1-4H3,(H4,22,23,24,27). The minimum atomic E-state index is -3.80. The molecule has 0 aliphatic heterocycles. The number of ether oxygens (including phenoxy) is 1. The monoisotopic (exact) mass is 511 g/mol. The normalized spacial score (nSPS) is 12.9. The molecule has 1 unspecified atom stereocenters. The maximum atomic E-state index is 12.7. The first-order valence-corrected chi connectivity index (χ1v) is 13.7. The molecule has 1 atom stereocenters. The number of carbonyl (C=O) groups is 1. The fraction of sp³-hybridized carbons (Fsp3) is 0.333. The number of amides is 1. The van der Waals surface area contributed by atoms with Gasteiger partial charge in [-0.25, -0.2) is 16.8 Å². The van der Waals surface area contributed by atoms with Crippen molar-refractivity contribution >= 4 is 31.7 Å². The number of nitrogens with two attached hydrogens (primary N) is 1. The van der Waals surface area contributed by atoms with E-state index in [0.29, 0.717) is 13.1 Å². The van der Waals surface area contributed by atoms with E-state index in [9.17, 15) is 21.6 Å². The summed E-state index contributed by atoms with van der Waals surface area (Å²) >= 11 is 0. The van der Waals surface area contributed by atoms with Crippen molar-refractivity contribution in [1.82, 2.24) is 14.9 Å². The van der Waals surface area contributed by atoms with E-state index in [1.54, 1.807) is 6.92 Å². The number of carbonyl (C=O) groups excluding carboxylic acids is 1. The minimum Gasteiger partial charge on any atom is -0.456 e. The van der Waals surface area contributed by atoms with Gasteiger partial charge in [0.2, 0.25) is 10.0 Å². The summed E-state index contributed by atoms with van der Waals surface area (Å²) in [7, 11) is -7.58. The van der Waals surface area contributed by atoms with Crippen molar-refractivity contribution in [2.45, 2.75) is 36.7 Å². The fourth-order valence-corrected chi connectivity index (χ4v) is 5.21. The number of nitrogens with zero attached hydrogens (tertiary/aromatic N) is 1. The number of benzene rings is 2. The van der Waals surface area contributed by atoms with Gasteiger partial charge < -0.3 is 10.5 Å². The van der Waals surface area contributed by atoms with E-state index in [1.807, 2.05) is 18.7 Å². The van der Waals surface area contributed by atoms with Crippen LogP contribution in [0.15, 0.2) is 52.3 Å². The van der Waals surface area contributed by atoms with E-state index in [2.05, 4.69) is 10.0 Å². The summed E-state index contributed by atoms with van der Waals surface area (Å²) in [4.78, 5) is 13.8. The predicted octanol–water partition coefficient (Wildman–Crippen LogP) is 1.47. The Bertz CT molecular complexity index is 1260. The lowest BCUT2D eigenvalue weighted by Gasteiger charge is -2.26. The van der Waals surface area contributed by atoms with Crippen LogP contribution < -0.4 is 20.5 Å². The van der Waals surface area contributed by atoms with E-state index < -0.39 is 37.9 Å². The number of hydrogen-bond donors (Lipinski definition) is 4. The van der Waals surface area contributed by atoms with Crippen molar-refractivity contribution < 1.29 is 26.4 Å². The van der Waals surface area contributed by atoms with Gasteiger partial charge in [-0.15, -0.1) is 0 Å². The molecule has 186 valence electrons. The molecule has 0 fully saturated rings. The van der Waals surface area contributed by atoms with Crippen molar-refractivity contribution in [1.29, 1.82) is 5.41 Å². The van der Waals surface area contributed by atoms with Crippen LogP contribution in [0.25, 0.3) is 0 Å². The van der Waals surface area contributed by atoms with Gasteiger partial charge >= 0.3 is 0 Å². The summed E-state index contributed by atoms with van der Waals surface area (Å²) in [6.07, 6.45) is 0.562. The predicted molar refractivity (Wildman–Crippen MR) is 128 cm³/mol. The molecule has 0 radical (unpaired) electrons. The second kappa shape index (κ2) is 11.0. The molecule has 0 heterocycles. The van der Waals surface area contributed by atoms with Crippen molar-refractivity contribution in [2.75, 3.05) is 19.3 Å². The largest absolute Gasteiger partial charge is 0.456 e. The number of nitrogens with one attached hydrogen (secondary N) is 3. The summed E-state index contributed by atoms with van der Waals surface area (Å²) in [5, 5.41) is 9.21. The second-order valence-electron chi connectivity index (χ2n) is 7.39. The van der Waals surface area contributed by atoms with Crippen LogP contribution in [0.4, 0.5) is 0 Å². The molecular weight excluding hydrogens is 482 g/mol. The molecule has 2 aromatic rings. The van der Waals surface area contributed by atoms with Gasteiger partial charge in [-0.05, 0) is 62.5 Å². The molecule has 34 heavy (non-hydrogen) atoms. The molecule has 13 heteroatoms. The molecule has 0 saturated heterocycles. The van der Waals surface area contributed by atoms with E-state index in [0.717, 1.165) is 12.3 Å². The highest BCUT2D eigenvalue weighted by atomic mass is 32.2. The third-order valence-electron chi connectivity index (χ3n) is 4.90. The van der Waals surface area contributed by atoms with E-state index >= 15 is 0 Å². The smallest absolute Gasteiger partial charge is 0.257 e. The third-order valence-corrected chi connectivity index (χ3v) is 7.56. The van der Waals surface area contributed by atoms with Gasteiger partial charge in [0, 0.05) is 11.8 Å². The molecule has 0 bridgehead atoms. The van der Waals surface area contributed by atoms with Crippen LogP contribution in [0.2, 0.25) is 0 Å². The van der Waals surface area contributed by atoms with Crippen molar-refractivity contribution in [3.05, 3.63) is 48.0 Å². The number of hydrogen-bond acceptors (Lipinski definition) is 8. The Kier molecular flexibility index (Phi) is 8.78. The van der Waals surface area contributed by atoms with Crippen molar-refractivity contribution in [3.63, 3.8) is 0 Å². The number of guanidine groups is 1. The first-order chi connectivity index (χ1) is 15.8. The zero-order valence-corrected chi connectivity index (χ0v) is 21.0. The Morgan fingerprint density at radius 1 is 1.09 bits per heavy atom. The number of sulfone groups is 1. The fourth-order valence-electron chi connectivity index (χ4n) is 3.17. The van der Waals surface area contributed by atoms with Gasteiger partial charge in [0.05, 0.1) is 11.1 Å². The molecule has 2 rings (SSSR count). The maximum absolute atomic E-state index is 12.7. The molecule has 0 aliphatic rings. The first-order valence-electron chi connectivity index (χ1n) is 10.3. The lowest BCUT2D eigenvalue weighted by atomic mass is 10.2. The van der Waals surface area contributed by atoms with Gasteiger partial charge in [0.25, 0.3) is 5.91 Å². The second-order valence-corrected chi connectivity index (χ2v) is 11.1. The molecule has 1 amide bonds. The van der Waals surface area contributed by atoms with Gasteiger partial charge in [0.15, 0.2) is 15.8 Å². The zero-order valence-electron chi connectivity index (χ0n) is 19.3. The Hall–Kier alpha value is -3.00. The lowest BCUT2D eigenvalue weighted by molar-refractivity contribution is 0.0976. The van der Waals surface area contributed by atoms with Crippen LogP contribution in [-0.2, 0) is 19.9 Å². The summed E-state index contributed by atoms with van der Waals surface area (Å²) in [5.41, 5.74) is 5.11. The molecule has 5 N–H and O–H groups in total. The van der Waals surface area contributed by atoms with E-state index in [4.69, 9.17) is 15.9 Å². The van der Waals surface area contributed by atoms with Crippen LogP contribution in [0.5, 0.6) is 11.5 Å². The average Bonchev–Trinajstić information content (AvgIpc) is 2.73. The maximum Gasteiger partial charge on any atom is 0.257 e. The van der Waals surface area contributed by atoms with Gasteiger partial charge in [-0.3, -0.25) is 20.4 Å². The molecule has 0 aliphatic carbocycles. The Morgan fingerprint density at radius 2 is 1.68 bits per heavy atom. The molecule has 2 aromatic carbocycles. The number of rotatable bonds is 10. The Morgan fingerprint density at radius 3 is 2.18 bits per heavy atom. The Labute approximate surface area is 199 Å². The van der Waals surface area contributed by atoms with Crippen LogP contribution in [0.3, 0.4) is 0 Å². The Balaban J connectivity index is 2.29. The molecule has 0 spiro atoms. The topological polar surface area (TPSA) is 172 Å². The van der Waals surface area contributed by atoms with Crippen molar-refractivity contribution in [3.8, 4) is 11.5 Å². The van der Waals surface area contributed by atoms with Gasteiger partial charge in [-0.1, -0.05) is 13.8 Å². The zero-order chi connectivity index (χ0) is 25.7. The van der Waals surface area contributed by atoms with Gasteiger partial charge in [0.1, 0.15) is 16.4 Å². The van der Waals surface area contributed by atoms with Crippen LogP contribution in [0.1, 0.15) is 31.1 Å². The first kappa shape index (κ1) is 27.2. The van der Waals surface area contributed by atoms with Gasteiger partial charge in [-0.2, -0.15) is 4.72 Å². The summed E-state index contributed by atoms with van der Waals surface area (Å²) in [6, 6.07) is 9.23. The SMILES string of the molecule is CCN(CC)C(C)NS(=O)(=O)c1ccc(Oc2ccc(C(=O)NC(=N)N)cc2S(C)(=O)=O)cc1. The van der Waals surface area contributed by atoms with Crippen LogP contribution in [0, 0.1) is 5.41 Å². The summed E-state index contributed by atoms with van der Waals surface area (Å²) in [6.45, 7) is 7.01. The van der Waals surface area contributed by atoms with Crippen LogP contribution >= 0.6 is 0 Å². The quantitative estimate of drug-likeness (QED) is 0.211. The highest BCUT2D eigenvalue weighted by molar-refractivity contribution is 7.90. The average molecular weight is 512 g/mol. The molecule has 0 aromatic heterocycles. The molecule has 11 nitrogen and oxygen atoms in total. The minimum absolute atomic E-state index is 0.0263. The summed E-state index contributed by atoms with van der Waals surface area (Å²) in [5.74, 6) is -1.18. The summed E-state index contributed by atoms with van der Waals surface area (Å²) < 4.78 is 58.2. The van der Waals surface area contributed by atoms with E-state index in [-0.39, 0.29) is 26.9 Å². The highest BCUT2D eigenvalue weighted by Crippen LogP contribution is 2.30. The number of sulfonamides is 1. The third kappa shape index (κ3) is 7.00. The van der Waals surface area contributed by atoms with Crippen molar-refractivity contribution in [2.24, 2.45) is 5.73 Å².